The van der Waals surface area contributed by atoms with Gasteiger partial charge >= 0.3 is 5.97 Å². The van der Waals surface area contributed by atoms with E-state index in [1.807, 2.05) is 16.8 Å². The first-order valence-electron chi connectivity index (χ1n) is 12.6. The topological polar surface area (TPSA) is 72.0 Å². The molecule has 0 bridgehead atoms. The average molecular weight is 498 g/mol. The van der Waals surface area contributed by atoms with Gasteiger partial charge < -0.3 is 15.4 Å². The number of benzene rings is 1. The van der Waals surface area contributed by atoms with Crippen molar-refractivity contribution in [3.05, 3.63) is 52.5 Å². The Morgan fingerprint density at radius 3 is 2.69 bits per heavy atom. The van der Waals surface area contributed by atoms with Crippen LogP contribution in [-0.4, -0.2) is 31.1 Å². The van der Waals surface area contributed by atoms with Crippen LogP contribution in [0, 0.1) is 30.0 Å². The van der Waals surface area contributed by atoms with Crippen molar-refractivity contribution < 1.29 is 24.0 Å². The van der Waals surface area contributed by atoms with Gasteiger partial charge in [-0.3, -0.25) is 9.59 Å². The molecule has 186 valence electrons. The summed E-state index contributed by atoms with van der Waals surface area (Å²) in [5.74, 6) is 2.39. The molecule has 5 nitrogen and oxygen atoms in total. The van der Waals surface area contributed by atoms with Crippen LogP contribution in [-0.2, 0) is 19.7 Å². The number of anilines is 1. The summed E-state index contributed by atoms with van der Waals surface area (Å²) in [6.07, 6.45) is 13.1. The normalized spacial score (nSPS) is 23.4. The summed E-state index contributed by atoms with van der Waals surface area (Å²) in [7, 11) is 0. The first-order chi connectivity index (χ1) is 17.0. The molecular weight excluding hydrogens is 463 g/mol. The third-order valence-corrected chi connectivity index (χ3v) is 8.51. The summed E-state index contributed by atoms with van der Waals surface area (Å²) in [5.41, 5.74) is -0.0858. The van der Waals surface area contributed by atoms with Crippen molar-refractivity contribution in [3.8, 4) is 12.3 Å². The zero-order chi connectivity index (χ0) is 24.7. The fourth-order valence-electron chi connectivity index (χ4n) is 5.38. The van der Waals surface area contributed by atoms with Gasteiger partial charge in [-0.1, -0.05) is 37.8 Å². The summed E-state index contributed by atoms with van der Waals surface area (Å²) in [4.78, 5) is 26.9. The van der Waals surface area contributed by atoms with Gasteiger partial charge in [-0.15, -0.1) is 23.7 Å². The highest BCUT2D eigenvalue weighted by Gasteiger charge is 2.48. The van der Waals surface area contributed by atoms with Crippen molar-refractivity contribution in [2.75, 3.05) is 18.4 Å². The predicted molar refractivity (Wildman–Crippen MR) is 135 cm³/mol. The van der Waals surface area contributed by atoms with E-state index in [1.165, 1.54) is 12.1 Å². The van der Waals surface area contributed by atoms with Gasteiger partial charge in [0.05, 0.1) is 6.54 Å². The third-order valence-electron chi connectivity index (χ3n) is 7.44. The van der Waals surface area contributed by atoms with Gasteiger partial charge in [0.15, 0.2) is 6.54 Å². The molecule has 4 rings (SSSR count). The van der Waals surface area contributed by atoms with E-state index in [-0.39, 0.29) is 42.2 Å². The molecule has 3 unspecified atom stereocenters. The van der Waals surface area contributed by atoms with Crippen LogP contribution in [0.3, 0.4) is 0 Å². The van der Waals surface area contributed by atoms with Crippen molar-refractivity contribution >= 4 is 28.9 Å². The molecule has 1 heterocycles. The SMILES string of the molecule is C#CC1CC(OC(=O)C2(c3cccs3)CCCCCC2)C1CC[NH2+]CC(=O)Nc1cccc(F)c1. The maximum atomic E-state index is 13.6. The molecule has 0 spiro atoms. The number of carbonyl (C=O) groups is 2. The Kier molecular flexibility index (Phi) is 8.59. The Labute approximate surface area is 210 Å². The molecule has 0 saturated heterocycles. The van der Waals surface area contributed by atoms with Crippen molar-refractivity contribution in [3.63, 3.8) is 0 Å². The summed E-state index contributed by atoms with van der Waals surface area (Å²) in [6.45, 7) is 0.930. The number of amides is 1. The van der Waals surface area contributed by atoms with Crippen molar-refractivity contribution in [2.24, 2.45) is 11.8 Å². The minimum Gasteiger partial charge on any atom is -0.461 e. The van der Waals surface area contributed by atoms with Gasteiger partial charge in [0.1, 0.15) is 17.3 Å². The zero-order valence-electron chi connectivity index (χ0n) is 20.0. The first kappa shape index (κ1) is 25.4. The van der Waals surface area contributed by atoms with Gasteiger partial charge in [0.25, 0.3) is 5.91 Å². The number of terminal acetylenes is 1. The number of hydrogen-bond acceptors (Lipinski definition) is 4. The number of ether oxygens (including phenoxy) is 1. The maximum Gasteiger partial charge on any atom is 0.317 e. The van der Waals surface area contributed by atoms with E-state index in [1.54, 1.807) is 23.5 Å². The van der Waals surface area contributed by atoms with E-state index in [2.05, 4.69) is 17.3 Å². The second-order valence-corrected chi connectivity index (χ2v) is 10.7. The molecule has 2 fully saturated rings. The highest BCUT2D eigenvalue weighted by molar-refractivity contribution is 7.10. The van der Waals surface area contributed by atoms with Crippen LogP contribution >= 0.6 is 11.3 Å². The Morgan fingerprint density at radius 1 is 1.20 bits per heavy atom. The lowest BCUT2D eigenvalue weighted by molar-refractivity contribution is -0.645. The highest BCUT2D eigenvalue weighted by Crippen LogP contribution is 2.45. The van der Waals surface area contributed by atoms with Crippen LogP contribution in [0.25, 0.3) is 0 Å². The molecule has 2 aromatic rings. The molecule has 1 aromatic heterocycles. The zero-order valence-corrected chi connectivity index (χ0v) is 20.8. The van der Waals surface area contributed by atoms with E-state index in [0.29, 0.717) is 18.7 Å². The minimum atomic E-state index is -0.530. The monoisotopic (exact) mass is 497 g/mol. The van der Waals surface area contributed by atoms with Crippen molar-refractivity contribution in [1.29, 1.82) is 0 Å². The van der Waals surface area contributed by atoms with Gasteiger partial charge in [0.2, 0.25) is 0 Å². The molecule has 1 aromatic carbocycles. The number of hydrogen-bond donors (Lipinski definition) is 2. The molecule has 1 amide bonds. The largest absolute Gasteiger partial charge is 0.461 e. The quantitative estimate of drug-likeness (QED) is 0.235. The second kappa shape index (κ2) is 11.8. The van der Waals surface area contributed by atoms with E-state index >= 15 is 0 Å². The molecule has 35 heavy (non-hydrogen) atoms. The molecule has 3 atom stereocenters. The van der Waals surface area contributed by atoms with E-state index in [9.17, 15) is 14.0 Å². The summed E-state index contributed by atoms with van der Waals surface area (Å²) < 4.78 is 19.5. The Morgan fingerprint density at radius 2 is 2.00 bits per heavy atom. The number of nitrogens with two attached hydrogens (primary N) is 1. The molecule has 2 aliphatic carbocycles. The third kappa shape index (κ3) is 6.12. The number of esters is 1. The van der Waals surface area contributed by atoms with Crippen LogP contribution in [0.1, 0.15) is 56.2 Å². The Hall–Kier alpha value is -2.69. The van der Waals surface area contributed by atoms with Crippen LogP contribution in [0.2, 0.25) is 0 Å². The van der Waals surface area contributed by atoms with Gasteiger partial charge in [-0.25, -0.2) is 4.39 Å². The average Bonchev–Trinajstić information content (AvgIpc) is 3.26. The van der Waals surface area contributed by atoms with Crippen LogP contribution in [0.5, 0.6) is 0 Å². The van der Waals surface area contributed by atoms with Crippen LogP contribution < -0.4 is 10.6 Å². The fourth-order valence-corrected chi connectivity index (χ4v) is 6.36. The van der Waals surface area contributed by atoms with Crippen LogP contribution in [0.15, 0.2) is 41.8 Å². The number of nitrogens with one attached hydrogen (secondary N) is 1. The molecule has 7 heteroatoms. The molecule has 2 aliphatic rings. The Bertz CT molecular complexity index is 1040. The number of carbonyl (C=O) groups excluding carboxylic acids is 2. The minimum absolute atomic E-state index is 0.0918. The van der Waals surface area contributed by atoms with Gasteiger partial charge in [-0.2, -0.15) is 0 Å². The molecule has 3 N–H and O–H groups in total. The van der Waals surface area contributed by atoms with Gasteiger partial charge in [-0.05, 0) is 48.9 Å². The number of quaternary nitrogens is 1. The lowest BCUT2D eigenvalue weighted by Gasteiger charge is -2.43. The number of halogens is 1. The lowest BCUT2D eigenvalue weighted by atomic mass is 9.69. The standard InChI is InChI=1S/C28H33FN2O3S/c1-2-20-17-24(23(20)12-15-30-19-26(32)31-22-10-7-9-21(29)18-22)34-27(33)28(25-11-8-16-35-25)13-5-3-4-6-14-28/h1,7-11,16,18,20,23-24,30H,3-6,12-15,17,19H2,(H,31,32)/p+1. The summed E-state index contributed by atoms with van der Waals surface area (Å²) in [6, 6.07) is 9.93. The molecule has 0 aliphatic heterocycles. The fraction of sp³-hybridized carbons (Fsp3) is 0.500. The first-order valence-corrected chi connectivity index (χ1v) is 13.5. The van der Waals surface area contributed by atoms with E-state index in [4.69, 9.17) is 11.2 Å². The second-order valence-electron chi connectivity index (χ2n) is 9.72. The smallest absolute Gasteiger partial charge is 0.317 e. The summed E-state index contributed by atoms with van der Waals surface area (Å²) >= 11 is 1.65. The van der Waals surface area contributed by atoms with Crippen molar-refractivity contribution in [2.45, 2.75) is 62.9 Å². The summed E-state index contributed by atoms with van der Waals surface area (Å²) in [5, 5.41) is 6.65. The number of thiophene rings is 1. The lowest BCUT2D eigenvalue weighted by Crippen LogP contribution is -2.86. The Balaban J connectivity index is 1.29. The van der Waals surface area contributed by atoms with Crippen LogP contribution in [0.4, 0.5) is 10.1 Å². The molecule has 2 saturated carbocycles. The van der Waals surface area contributed by atoms with Gasteiger partial charge in [0, 0.05) is 28.8 Å². The molecule has 0 radical (unpaired) electrons. The van der Waals surface area contributed by atoms with E-state index < -0.39 is 5.41 Å². The molecular formula is C28H34FN2O3S+. The number of rotatable bonds is 9. The maximum absolute atomic E-state index is 13.6. The van der Waals surface area contributed by atoms with E-state index in [0.717, 1.165) is 49.8 Å². The van der Waals surface area contributed by atoms with Crippen molar-refractivity contribution in [1.82, 2.24) is 0 Å². The highest BCUT2D eigenvalue weighted by atomic mass is 32.1. The predicted octanol–water partition coefficient (Wildman–Crippen LogP) is 4.25.